The normalized spacial score (nSPS) is 15.1. The van der Waals surface area contributed by atoms with E-state index in [4.69, 9.17) is 5.73 Å². The predicted molar refractivity (Wildman–Crippen MR) is 141 cm³/mol. The van der Waals surface area contributed by atoms with Gasteiger partial charge in [-0.15, -0.1) is 0 Å². The Kier molecular flexibility index (Phi) is 8.76. The van der Waals surface area contributed by atoms with Crippen molar-refractivity contribution >= 4 is 0 Å². The van der Waals surface area contributed by atoms with Gasteiger partial charge in [-0.05, 0) is 65.1 Å². The molecule has 0 amide bonds. The molecule has 0 spiro atoms. The topological polar surface area (TPSA) is 104 Å². The third-order valence-electron chi connectivity index (χ3n) is 6.30. The first-order valence-electron chi connectivity index (χ1n) is 12.0. The summed E-state index contributed by atoms with van der Waals surface area (Å²) in [5, 5.41) is 34.0. The van der Waals surface area contributed by atoms with Crippen molar-refractivity contribution in [2.45, 2.75) is 58.5 Å². The number of aliphatic hydroxyl groups is 3. The van der Waals surface area contributed by atoms with Gasteiger partial charge in [-0.25, -0.2) is 0 Å². The maximum Gasteiger partial charge on any atom is 0.126 e. The number of nitrogens with two attached hydrogens (primary N) is 1. The van der Waals surface area contributed by atoms with Crippen molar-refractivity contribution in [2.75, 3.05) is 6.61 Å². The van der Waals surface area contributed by atoms with Crippen LogP contribution in [0.25, 0.3) is 22.3 Å². The van der Waals surface area contributed by atoms with Crippen LogP contribution in [0.2, 0.25) is 0 Å². The monoisotopic (exact) mass is 475 g/mol. The Morgan fingerprint density at radius 2 is 1.46 bits per heavy atom. The predicted octanol–water partition coefficient (Wildman–Crippen LogP) is 3.72. The van der Waals surface area contributed by atoms with Gasteiger partial charge in [0.2, 0.25) is 0 Å². The molecule has 3 aromatic rings. The highest BCUT2D eigenvalue weighted by atomic mass is 16.3. The highest BCUT2D eigenvalue weighted by molar-refractivity contribution is 5.70. The molecule has 3 rings (SSSR count). The molecule has 0 aliphatic rings. The fourth-order valence-electron chi connectivity index (χ4n) is 4.13. The Morgan fingerprint density at radius 1 is 0.914 bits per heavy atom. The molecule has 186 valence electrons. The zero-order valence-electron chi connectivity index (χ0n) is 20.9. The van der Waals surface area contributed by atoms with Crippen molar-refractivity contribution in [3.05, 3.63) is 72.6 Å². The number of nitrogens with zero attached hydrogens (tertiary/aromatic N) is 1. The summed E-state index contributed by atoms with van der Waals surface area (Å²) in [6.07, 6.45) is 2.75. The fourth-order valence-corrected chi connectivity index (χ4v) is 4.13. The first kappa shape index (κ1) is 26.5. The SMILES string of the molecule is CC(O)CC(C(O)NC(CO)C(C)(C)C)n1ccc(-c2ccc(-c3ccc(C#CN)cc3)cc2)c1. The summed E-state index contributed by atoms with van der Waals surface area (Å²) in [4.78, 5) is 0. The molecule has 1 heterocycles. The van der Waals surface area contributed by atoms with Gasteiger partial charge in [-0.1, -0.05) is 57.2 Å². The zero-order chi connectivity index (χ0) is 25.6. The van der Waals surface area contributed by atoms with Crippen LogP contribution in [0.15, 0.2) is 67.0 Å². The molecule has 6 N–H and O–H groups in total. The number of nitrogens with one attached hydrogen (secondary N) is 1. The second-order valence-corrected chi connectivity index (χ2v) is 10.1. The largest absolute Gasteiger partial charge is 0.395 e. The summed E-state index contributed by atoms with van der Waals surface area (Å²) in [5.41, 5.74) is 10.2. The van der Waals surface area contributed by atoms with E-state index in [-0.39, 0.29) is 18.1 Å². The highest BCUT2D eigenvalue weighted by Gasteiger charge is 2.30. The molecule has 6 heteroatoms. The Labute approximate surface area is 208 Å². The summed E-state index contributed by atoms with van der Waals surface area (Å²) in [6.45, 7) is 7.66. The van der Waals surface area contributed by atoms with Gasteiger partial charge in [0.15, 0.2) is 0 Å². The third-order valence-corrected chi connectivity index (χ3v) is 6.30. The molecular formula is C29H37N3O3. The summed E-state index contributed by atoms with van der Waals surface area (Å²) < 4.78 is 1.93. The van der Waals surface area contributed by atoms with E-state index in [1.807, 2.05) is 68.1 Å². The number of rotatable bonds is 9. The van der Waals surface area contributed by atoms with Gasteiger partial charge in [0.1, 0.15) is 6.23 Å². The summed E-state index contributed by atoms with van der Waals surface area (Å²) in [5.74, 6) is 2.84. The van der Waals surface area contributed by atoms with E-state index in [2.05, 4.69) is 41.5 Å². The molecule has 0 saturated carbocycles. The maximum absolute atomic E-state index is 11.0. The van der Waals surface area contributed by atoms with Gasteiger partial charge in [-0.2, -0.15) is 0 Å². The second-order valence-electron chi connectivity index (χ2n) is 10.1. The summed E-state index contributed by atoms with van der Waals surface area (Å²) >= 11 is 0. The van der Waals surface area contributed by atoms with Crippen molar-refractivity contribution < 1.29 is 15.3 Å². The lowest BCUT2D eigenvalue weighted by Gasteiger charge is -2.35. The summed E-state index contributed by atoms with van der Waals surface area (Å²) in [6, 6.07) is 20.0. The van der Waals surface area contributed by atoms with Crippen LogP contribution < -0.4 is 11.1 Å². The number of aromatic nitrogens is 1. The van der Waals surface area contributed by atoms with E-state index >= 15 is 0 Å². The van der Waals surface area contributed by atoms with Gasteiger partial charge >= 0.3 is 0 Å². The molecule has 0 bridgehead atoms. The third kappa shape index (κ3) is 6.97. The standard InChI is InChI=1S/C29H37N3O3/c1-20(34)17-26(28(35)31-27(19-33)29(2,3)4)32-16-14-25(18-32)24-11-9-23(10-12-24)22-7-5-21(6-8-22)13-15-30/h5-12,14,16,18,20,26-28,31,33-35H,17,19,30H2,1-4H3. The van der Waals surface area contributed by atoms with Gasteiger partial charge in [0.25, 0.3) is 0 Å². The average molecular weight is 476 g/mol. The fraction of sp³-hybridized carbons (Fsp3) is 0.379. The minimum Gasteiger partial charge on any atom is -0.395 e. The van der Waals surface area contributed by atoms with Crippen LogP contribution >= 0.6 is 0 Å². The molecule has 6 nitrogen and oxygen atoms in total. The first-order chi connectivity index (χ1) is 16.6. The zero-order valence-corrected chi connectivity index (χ0v) is 20.9. The van der Waals surface area contributed by atoms with Crippen molar-refractivity contribution in [3.8, 4) is 34.2 Å². The van der Waals surface area contributed by atoms with Crippen molar-refractivity contribution in [1.82, 2.24) is 9.88 Å². The van der Waals surface area contributed by atoms with E-state index in [1.54, 1.807) is 6.92 Å². The van der Waals surface area contributed by atoms with E-state index in [1.165, 1.54) is 0 Å². The van der Waals surface area contributed by atoms with Crippen LogP contribution in [0.1, 0.15) is 45.7 Å². The molecular weight excluding hydrogens is 438 g/mol. The lowest BCUT2D eigenvalue weighted by Crippen LogP contribution is -2.51. The Hall–Kier alpha value is -3.08. The second kappa shape index (κ2) is 11.6. The summed E-state index contributed by atoms with van der Waals surface area (Å²) in [7, 11) is 0. The van der Waals surface area contributed by atoms with Crippen LogP contribution in [-0.4, -0.2) is 44.9 Å². The molecule has 0 aliphatic carbocycles. The molecule has 0 fully saturated rings. The molecule has 2 aromatic carbocycles. The highest BCUT2D eigenvalue weighted by Crippen LogP contribution is 2.29. The molecule has 1 aromatic heterocycles. The number of benzene rings is 2. The van der Waals surface area contributed by atoms with Gasteiger partial charge in [0, 0.05) is 30.0 Å². The van der Waals surface area contributed by atoms with Crippen LogP contribution in [0.3, 0.4) is 0 Å². The number of hydrogen-bond acceptors (Lipinski definition) is 5. The molecule has 35 heavy (non-hydrogen) atoms. The molecule has 4 unspecified atom stereocenters. The first-order valence-corrected chi connectivity index (χ1v) is 12.0. The average Bonchev–Trinajstić information content (AvgIpc) is 3.31. The van der Waals surface area contributed by atoms with Crippen LogP contribution in [-0.2, 0) is 0 Å². The maximum atomic E-state index is 11.0. The quantitative estimate of drug-likeness (QED) is 0.184. The van der Waals surface area contributed by atoms with Gasteiger partial charge < -0.3 is 25.6 Å². The van der Waals surface area contributed by atoms with Crippen LogP contribution in [0.4, 0.5) is 0 Å². The smallest absolute Gasteiger partial charge is 0.126 e. The van der Waals surface area contributed by atoms with Crippen molar-refractivity contribution in [2.24, 2.45) is 11.1 Å². The van der Waals surface area contributed by atoms with E-state index in [0.29, 0.717) is 6.42 Å². The molecule has 0 radical (unpaired) electrons. The minimum atomic E-state index is -0.935. The Balaban J connectivity index is 1.79. The molecule has 0 saturated heterocycles. The number of aliphatic hydroxyl groups excluding tert-OH is 3. The number of hydrogen-bond donors (Lipinski definition) is 5. The molecule has 4 atom stereocenters. The van der Waals surface area contributed by atoms with Crippen molar-refractivity contribution in [3.63, 3.8) is 0 Å². The minimum absolute atomic E-state index is 0.0889. The van der Waals surface area contributed by atoms with E-state index < -0.39 is 18.4 Å². The van der Waals surface area contributed by atoms with Crippen molar-refractivity contribution in [1.29, 1.82) is 0 Å². The Bertz CT molecular complexity index is 1130. The van der Waals surface area contributed by atoms with Gasteiger partial charge in [0.05, 0.1) is 18.8 Å². The van der Waals surface area contributed by atoms with E-state index in [0.717, 1.165) is 27.8 Å². The lowest BCUT2D eigenvalue weighted by atomic mass is 9.87. The van der Waals surface area contributed by atoms with Crippen LogP contribution in [0, 0.1) is 17.4 Å². The lowest BCUT2D eigenvalue weighted by molar-refractivity contribution is 0.0158. The Morgan fingerprint density at radius 3 is 1.94 bits per heavy atom. The molecule has 0 aliphatic heterocycles. The van der Waals surface area contributed by atoms with Crippen LogP contribution in [0.5, 0.6) is 0 Å². The van der Waals surface area contributed by atoms with E-state index in [9.17, 15) is 15.3 Å². The van der Waals surface area contributed by atoms with Gasteiger partial charge in [-0.3, -0.25) is 5.32 Å².